The zero-order valence-electron chi connectivity index (χ0n) is 10.7. The van der Waals surface area contributed by atoms with Crippen LogP contribution in [-0.2, 0) is 11.3 Å². The van der Waals surface area contributed by atoms with E-state index in [1.165, 1.54) is 19.3 Å². The Morgan fingerprint density at radius 2 is 2.29 bits per heavy atom. The molecule has 0 bridgehead atoms. The molecule has 0 N–H and O–H groups in total. The molecule has 2 heterocycles. The van der Waals surface area contributed by atoms with E-state index < -0.39 is 0 Å². The maximum atomic E-state index is 5.78. The monoisotopic (exact) mass is 255 g/mol. The van der Waals surface area contributed by atoms with Crippen LogP contribution in [0.1, 0.15) is 36.2 Å². The highest BCUT2D eigenvalue weighted by Gasteiger charge is 2.17. The van der Waals surface area contributed by atoms with Crippen LogP contribution in [0.3, 0.4) is 0 Å². The van der Waals surface area contributed by atoms with E-state index >= 15 is 0 Å². The highest BCUT2D eigenvalue weighted by Crippen LogP contribution is 2.16. The quantitative estimate of drug-likeness (QED) is 0.809. The van der Waals surface area contributed by atoms with E-state index in [4.69, 9.17) is 4.74 Å². The number of aryl methyl sites for hydroxylation is 1. The second-order valence-electron chi connectivity index (χ2n) is 4.53. The Bertz CT molecular complexity index is 336. The van der Waals surface area contributed by atoms with Crippen LogP contribution in [0.15, 0.2) is 0 Å². The minimum absolute atomic E-state index is 0.415. The summed E-state index contributed by atoms with van der Waals surface area (Å²) in [5.74, 6) is 0. The predicted molar refractivity (Wildman–Crippen MR) is 69.2 cm³/mol. The summed E-state index contributed by atoms with van der Waals surface area (Å²) in [6, 6.07) is 0. The molecule has 4 nitrogen and oxygen atoms in total. The summed E-state index contributed by atoms with van der Waals surface area (Å²) in [7, 11) is 0. The van der Waals surface area contributed by atoms with Gasteiger partial charge in [0.1, 0.15) is 10.0 Å². The van der Waals surface area contributed by atoms with Crippen molar-refractivity contribution in [3.63, 3.8) is 0 Å². The summed E-state index contributed by atoms with van der Waals surface area (Å²) >= 11 is 1.69. The van der Waals surface area contributed by atoms with Crippen molar-refractivity contribution in [1.82, 2.24) is 15.1 Å². The van der Waals surface area contributed by atoms with Crippen molar-refractivity contribution in [1.29, 1.82) is 0 Å². The van der Waals surface area contributed by atoms with Crippen molar-refractivity contribution < 1.29 is 4.74 Å². The number of rotatable bonds is 5. The third-order valence-electron chi connectivity index (χ3n) is 3.11. The van der Waals surface area contributed by atoms with Crippen molar-refractivity contribution in [2.75, 3.05) is 19.7 Å². The maximum absolute atomic E-state index is 5.78. The second kappa shape index (κ2) is 6.42. The van der Waals surface area contributed by atoms with Gasteiger partial charge in [0, 0.05) is 13.2 Å². The van der Waals surface area contributed by atoms with Crippen LogP contribution in [0.5, 0.6) is 0 Å². The highest BCUT2D eigenvalue weighted by molar-refractivity contribution is 7.11. The minimum Gasteiger partial charge on any atom is -0.377 e. The van der Waals surface area contributed by atoms with Crippen molar-refractivity contribution in [2.45, 2.75) is 45.8 Å². The van der Waals surface area contributed by atoms with Gasteiger partial charge < -0.3 is 4.74 Å². The van der Waals surface area contributed by atoms with E-state index in [0.717, 1.165) is 36.3 Å². The lowest BCUT2D eigenvalue weighted by molar-refractivity contribution is -0.00627. The van der Waals surface area contributed by atoms with Gasteiger partial charge in [-0.3, -0.25) is 4.90 Å². The molecule has 0 aromatic carbocycles. The van der Waals surface area contributed by atoms with E-state index in [9.17, 15) is 0 Å². The first-order valence-corrected chi connectivity index (χ1v) is 7.22. The van der Waals surface area contributed by atoms with Crippen molar-refractivity contribution in [2.24, 2.45) is 0 Å². The van der Waals surface area contributed by atoms with Crippen LogP contribution in [0.4, 0.5) is 0 Å². The molecule has 0 unspecified atom stereocenters. The van der Waals surface area contributed by atoms with E-state index in [-0.39, 0.29) is 0 Å². The summed E-state index contributed by atoms with van der Waals surface area (Å²) in [5, 5.41) is 10.4. The fourth-order valence-electron chi connectivity index (χ4n) is 2.14. The molecule has 0 radical (unpaired) electrons. The smallest absolute Gasteiger partial charge is 0.131 e. The van der Waals surface area contributed by atoms with Gasteiger partial charge in [0.15, 0.2) is 0 Å². The lowest BCUT2D eigenvalue weighted by Crippen LogP contribution is -2.35. The Morgan fingerprint density at radius 1 is 1.41 bits per heavy atom. The molecular weight excluding hydrogens is 234 g/mol. The molecular formula is C12H21N3OS. The van der Waals surface area contributed by atoms with Gasteiger partial charge in [-0.05, 0) is 32.7 Å². The average molecular weight is 255 g/mol. The van der Waals surface area contributed by atoms with Gasteiger partial charge in [-0.15, -0.1) is 21.5 Å². The van der Waals surface area contributed by atoms with Crippen LogP contribution < -0.4 is 0 Å². The lowest BCUT2D eigenvalue weighted by atomic mass is 10.1. The SMILES string of the molecule is CCN(Cc1nnc(C)s1)C[C@@H]1CCCCO1. The van der Waals surface area contributed by atoms with Gasteiger partial charge >= 0.3 is 0 Å². The van der Waals surface area contributed by atoms with Crippen LogP contribution in [0.25, 0.3) is 0 Å². The van der Waals surface area contributed by atoms with E-state index in [2.05, 4.69) is 22.0 Å². The molecule has 0 aliphatic carbocycles. The van der Waals surface area contributed by atoms with Crippen molar-refractivity contribution >= 4 is 11.3 Å². The molecule has 1 aliphatic heterocycles. The topological polar surface area (TPSA) is 38.2 Å². The Labute approximate surface area is 107 Å². The van der Waals surface area contributed by atoms with Crippen LogP contribution in [0, 0.1) is 6.92 Å². The van der Waals surface area contributed by atoms with Gasteiger partial charge in [-0.25, -0.2) is 0 Å². The molecule has 1 aliphatic rings. The first-order chi connectivity index (χ1) is 8.28. The number of likely N-dealkylation sites (N-methyl/N-ethyl adjacent to an activating group) is 1. The first-order valence-electron chi connectivity index (χ1n) is 6.41. The normalized spacial score (nSPS) is 21.0. The fourth-order valence-corrected chi connectivity index (χ4v) is 2.89. The number of ether oxygens (including phenoxy) is 1. The van der Waals surface area contributed by atoms with E-state index in [1.54, 1.807) is 11.3 Å². The van der Waals surface area contributed by atoms with Crippen LogP contribution >= 0.6 is 11.3 Å². The van der Waals surface area contributed by atoms with Gasteiger partial charge in [0.05, 0.1) is 12.6 Å². The molecule has 0 spiro atoms. The lowest BCUT2D eigenvalue weighted by Gasteiger charge is -2.28. The number of hydrogen-bond acceptors (Lipinski definition) is 5. The van der Waals surface area contributed by atoms with Crippen molar-refractivity contribution in [3.05, 3.63) is 10.0 Å². The number of nitrogens with zero attached hydrogens (tertiary/aromatic N) is 3. The third kappa shape index (κ3) is 4.01. The van der Waals surface area contributed by atoms with Gasteiger partial charge in [-0.1, -0.05) is 6.92 Å². The van der Waals surface area contributed by atoms with Gasteiger partial charge in [-0.2, -0.15) is 0 Å². The largest absolute Gasteiger partial charge is 0.377 e. The zero-order valence-corrected chi connectivity index (χ0v) is 11.5. The minimum atomic E-state index is 0.415. The van der Waals surface area contributed by atoms with E-state index in [0.29, 0.717) is 6.10 Å². The standard InChI is InChI=1S/C12H21N3OS/c1-3-15(8-11-6-4-5-7-16-11)9-12-14-13-10(2)17-12/h11H,3-9H2,1-2H3/t11-/m0/s1. The molecule has 0 amide bonds. The summed E-state index contributed by atoms with van der Waals surface area (Å²) in [6.45, 7) is 8.09. The maximum Gasteiger partial charge on any atom is 0.131 e. The van der Waals surface area contributed by atoms with Gasteiger partial charge in [0.2, 0.25) is 0 Å². The molecule has 1 aromatic heterocycles. The molecule has 1 atom stereocenters. The molecule has 2 rings (SSSR count). The summed E-state index contributed by atoms with van der Waals surface area (Å²) < 4.78 is 5.78. The summed E-state index contributed by atoms with van der Waals surface area (Å²) in [6.07, 6.45) is 4.14. The van der Waals surface area contributed by atoms with Gasteiger partial charge in [0.25, 0.3) is 0 Å². The Morgan fingerprint density at radius 3 is 2.88 bits per heavy atom. The fraction of sp³-hybridized carbons (Fsp3) is 0.833. The Hall–Kier alpha value is -0.520. The summed E-state index contributed by atoms with van der Waals surface area (Å²) in [4.78, 5) is 2.40. The van der Waals surface area contributed by atoms with E-state index in [1.807, 2.05) is 6.92 Å². The first kappa shape index (κ1) is 12.9. The second-order valence-corrected chi connectivity index (χ2v) is 5.80. The van der Waals surface area contributed by atoms with Crippen LogP contribution in [0.2, 0.25) is 0 Å². The molecule has 17 heavy (non-hydrogen) atoms. The average Bonchev–Trinajstić information content (AvgIpc) is 2.75. The molecule has 1 aromatic rings. The summed E-state index contributed by atoms with van der Waals surface area (Å²) in [5.41, 5.74) is 0. The molecule has 1 fully saturated rings. The Balaban J connectivity index is 1.83. The van der Waals surface area contributed by atoms with Crippen LogP contribution in [-0.4, -0.2) is 40.9 Å². The number of aromatic nitrogens is 2. The Kier molecular flexibility index (Phi) is 4.88. The third-order valence-corrected chi connectivity index (χ3v) is 3.93. The highest BCUT2D eigenvalue weighted by atomic mass is 32.1. The molecule has 5 heteroatoms. The molecule has 1 saturated heterocycles. The number of hydrogen-bond donors (Lipinski definition) is 0. The zero-order chi connectivity index (χ0) is 12.1. The molecule has 0 saturated carbocycles. The molecule has 96 valence electrons. The van der Waals surface area contributed by atoms with Crippen molar-refractivity contribution in [3.8, 4) is 0 Å². The predicted octanol–water partition coefficient (Wildman–Crippen LogP) is 2.24.